The molecule has 1 aliphatic rings. The SMILES string of the molecule is CCN(c1ccccc1)c1cncc(C(=O)NC2CCS(=O)(=O)C2)c1. The number of nitrogens with one attached hydrogen (secondary N) is 1. The molecule has 0 aliphatic carbocycles. The van der Waals surface area contributed by atoms with Crippen LogP contribution in [0.1, 0.15) is 23.7 Å². The Hall–Kier alpha value is -2.41. The van der Waals surface area contributed by atoms with Gasteiger partial charge in [-0.1, -0.05) is 18.2 Å². The molecule has 1 aromatic heterocycles. The van der Waals surface area contributed by atoms with Crippen LogP contribution in [-0.4, -0.2) is 43.4 Å². The lowest BCUT2D eigenvalue weighted by Crippen LogP contribution is -2.35. The maximum atomic E-state index is 12.4. The molecule has 1 amide bonds. The molecule has 1 aromatic carbocycles. The van der Waals surface area contributed by atoms with E-state index < -0.39 is 9.84 Å². The second kappa shape index (κ2) is 7.23. The zero-order valence-corrected chi connectivity index (χ0v) is 14.9. The van der Waals surface area contributed by atoms with Gasteiger partial charge in [0.15, 0.2) is 9.84 Å². The number of para-hydroxylation sites is 1. The summed E-state index contributed by atoms with van der Waals surface area (Å²) < 4.78 is 23.1. The molecular weight excluding hydrogens is 338 g/mol. The highest BCUT2D eigenvalue weighted by Crippen LogP contribution is 2.24. The van der Waals surface area contributed by atoms with Gasteiger partial charge in [-0.25, -0.2) is 8.42 Å². The van der Waals surface area contributed by atoms with Gasteiger partial charge in [-0.3, -0.25) is 9.78 Å². The minimum absolute atomic E-state index is 0.0109. The van der Waals surface area contributed by atoms with E-state index in [-0.39, 0.29) is 23.5 Å². The van der Waals surface area contributed by atoms with Crippen molar-refractivity contribution in [3.05, 3.63) is 54.4 Å². The van der Waals surface area contributed by atoms with E-state index in [9.17, 15) is 13.2 Å². The van der Waals surface area contributed by atoms with Crippen molar-refractivity contribution in [3.8, 4) is 0 Å². The summed E-state index contributed by atoms with van der Waals surface area (Å²) in [7, 11) is -3.02. The zero-order valence-electron chi connectivity index (χ0n) is 14.1. The van der Waals surface area contributed by atoms with Crippen LogP contribution in [0.4, 0.5) is 11.4 Å². The van der Waals surface area contributed by atoms with Gasteiger partial charge in [-0.15, -0.1) is 0 Å². The Bertz CT molecular complexity index is 853. The van der Waals surface area contributed by atoms with Crippen molar-refractivity contribution in [2.75, 3.05) is 23.0 Å². The molecule has 1 atom stereocenters. The van der Waals surface area contributed by atoms with Gasteiger partial charge < -0.3 is 10.2 Å². The largest absolute Gasteiger partial charge is 0.348 e. The number of hydrogen-bond acceptors (Lipinski definition) is 5. The molecule has 0 radical (unpaired) electrons. The van der Waals surface area contributed by atoms with Crippen LogP contribution in [0, 0.1) is 0 Å². The molecule has 2 aromatic rings. The predicted molar refractivity (Wildman–Crippen MR) is 97.9 cm³/mol. The molecule has 2 heterocycles. The monoisotopic (exact) mass is 359 g/mol. The predicted octanol–water partition coefficient (Wildman–Crippen LogP) is 2.16. The fourth-order valence-corrected chi connectivity index (χ4v) is 4.67. The summed E-state index contributed by atoms with van der Waals surface area (Å²) in [6.45, 7) is 2.76. The number of aromatic nitrogens is 1. The first kappa shape index (κ1) is 17.4. The lowest BCUT2D eigenvalue weighted by atomic mass is 10.2. The highest BCUT2D eigenvalue weighted by atomic mass is 32.2. The van der Waals surface area contributed by atoms with E-state index in [1.807, 2.05) is 37.3 Å². The van der Waals surface area contributed by atoms with Crippen LogP contribution in [0.5, 0.6) is 0 Å². The number of anilines is 2. The van der Waals surface area contributed by atoms with Crippen LogP contribution in [0.15, 0.2) is 48.8 Å². The summed E-state index contributed by atoms with van der Waals surface area (Å²) in [5.74, 6) is -0.147. The van der Waals surface area contributed by atoms with E-state index in [4.69, 9.17) is 0 Å². The molecule has 1 unspecified atom stereocenters. The number of nitrogens with zero attached hydrogens (tertiary/aromatic N) is 2. The van der Waals surface area contributed by atoms with Crippen LogP contribution in [0.2, 0.25) is 0 Å². The van der Waals surface area contributed by atoms with Crippen molar-refractivity contribution in [2.45, 2.75) is 19.4 Å². The number of amides is 1. The van der Waals surface area contributed by atoms with Gasteiger partial charge >= 0.3 is 0 Å². The summed E-state index contributed by atoms with van der Waals surface area (Å²) in [5.41, 5.74) is 2.27. The number of sulfone groups is 1. The molecule has 1 N–H and O–H groups in total. The highest BCUT2D eigenvalue weighted by molar-refractivity contribution is 7.91. The summed E-state index contributed by atoms with van der Waals surface area (Å²) >= 11 is 0. The smallest absolute Gasteiger partial charge is 0.253 e. The number of hydrogen-bond donors (Lipinski definition) is 1. The van der Waals surface area contributed by atoms with Gasteiger partial charge in [0.25, 0.3) is 5.91 Å². The van der Waals surface area contributed by atoms with Crippen molar-refractivity contribution in [2.24, 2.45) is 0 Å². The molecule has 25 heavy (non-hydrogen) atoms. The summed E-state index contributed by atoms with van der Waals surface area (Å²) in [4.78, 5) is 18.7. The average Bonchev–Trinajstić information content (AvgIpc) is 2.95. The van der Waals surface area contributed by atoms with Gasteiger partial charge in [0.2, 0.25) is 0 Å². The van der Waals surface area contributed by atoms with E-state index in [1.54, 1.807) is 12.3 Å². The average molecular weight is 359 g/mol. The van der Waals surface area contributed by atoms with E-state index >= 15 is 0 Å². The molecule has 1 saturated heterocycles. The van der Waals surface area contributed by atoms with Gasteiger partial charge in [0.05, 0.1) is 29.0 Å². The molecule has 7 heteroatoms. The molecule has 6 nitrogen and oxygen atoms in total. The summed E-state index contributed by atoms with van der Waals surface area (Å²) in [6.07, 6.45) is 3.68. The fourth-order valence-electron chi connectivity index (χ4n) is 3.00. The van der Waals surface area contributed by atoms with E-state index in [0.717, 1.165) is 17.9 Å². The fraction of sp³-hybridized carbons (Fsp3) is 0.333. The second-order valence-electron chi connectivity index (χ2n) is 6.09. The molecule has 3 rings (SSSR count). The van der Waals surface area contributed by atoms with Crippen molar-refractivity contribution < 1.29 is 13.2 Å². The first-order valence-corrected chi connectivity index (χ1v) is 10.1. The number of pyridine rings is 1. The first-order chi connectivity index (χ1) is 12.0. The third kappa shape index (κ3) is 4.17. The third-order valence-electron chi connectivity index (χ3n) is 4.25. The normalized spacial score (nSPS) is 18.7. The first-order valence-electron chi connectivity index (χ1n) is 8.27. The minimum atomic E-state index is -3.02. The Balaban J connectivity index is 1.78. The van der Waals surface area contributed by atoms with Gasteiger partial charge in [0, 0.05) is 24.5 Å². The number of benzene rings is 1. The Morgan fingerprint density at radius 2 is 2.00 bits per heavy atom. The molecule has 1 fully saturated rings. The third-order valence-corrected chi connectivity index (χ3v) is 6.02. The number of carbonyl (C=O) groups is 1. The van der Waals surface area contributed by atoms with Crippen LogP contribution in [0.3, 0.4) is 0 Å². The van der Waals surface area contributed by atoms with Crippen LogP contribution in [-0.2, 0) is 9.84 Å². The van der Waals surface area contributed by atoms with Gasteiger partial charge in [-0.2, -0.15) is 0 Å². The Morgan fingerprint density at radius 1 is 1.24 bits per heavy atom. The molecule has 1 aliphatic heterocycles. The molecule has 0 spiro atoms. The number of rotatable bonds is 5. The van der Waals surface area contributed by atoms with E-state index in [2.05, 4.69) is 15.2 Å². The Labute approximate surface area is 147 Å². The minimum Gasteiger partial charge on any atom is -0.348 e. The maximum absolute atomic E-state index is 12.4. The van der Waals surface area contributed by atoms with Crippen molar-refractivity contribution in [3.63, 3.8) is 0 Å². The van der Waals surface area contributed by atoms with E-state index in [0.29, 0.717) is 12.0 Å². The van der Waals surface area contributed by atoms with Crippen molar-refractivity contribution >= 4 is 27.1 Å². The van der Waals surface area contributed by atoms with Gasteiger partial charge in [-0.05, 0) is 31.5 Å². The molecule has 0 saturated carbocycles. The molecular formula is C18H21N3O3S. The highest BCUT2D eigenvalue weighted by Gasteiger charge is 2.29. The van der Waals surface area contributed by atoms with E-state index in [1.165, 1.54) is 6.20 Å². The van der Waals surface area contributed by atoms with Gasteiger partial charge in [0.1, 0.15) is 0 Å². The Morgan fingerprint density at radius 3 is 2.64 bits per heavy atom. The lowest BCUT2D eigenvalue weighted by Gasteiger charge is -2.23. The summed E-state index contributed by atoms with van der Waals surface area (Å²) in [6, 6.07) is 11.3. The standard InChI is InChI=1S/C18H21N3O3S/c1-2-21(16-6-4-3-5-7-16)17-10-14(11-19-12-17)18(22)20-15-8-9-25(23,24)13-15/h3-7,10-12,15H,2,8-9,13H2,1H3,(H,20,22). The van der Waals surface area contributed by atoms with Crippen molar-refractivity contribution in [1.82, 2.24) is 10.3 Å². The molecule has 132 valence electrons. The maximum Gasteiger partial charge on any atom is 0.253 e. The van der Waals surface area contributed by atoms with Crippen LogP contribution in [0.25, 0.3) is 0 Å². The topological polar surface area (TPSA) is 79.4 Å². The summed E-state index contributed by atoms with van der Waals surface area (Å²) in [5, 5.41) is 2.80. The Kier molecular flexibility index (Phi) is 5.03. The quantitative estimate of drug-likeness (QED) is 0.885. The zero-order chi connectivity index (χ0) is 17.9. The lowest BCUT2D eigenvalue weighted by molar-refractivity contribution is 0.0941. The van der Waals surface area contributed by atoms with Crippen LogP contribution >= 0.6 is 0 Å². The molecule has 0 bridgehead atoms. The number of carbonyl (C=O) groups excluding carboxylic acids is 1. The van der Waals surface area contributed by atoms with Crippen LogP contribution < -0.4 is 10.2 Å². The van der Waals surface area contributed by atoms with Crippen molar-refractivity contribution in [1.29, 1.82) is 0 Å². The second-order valence-corrected chi connectivity index (χ2v) is 8.31.